The Kier molecular flexibility index (Phi) is 6.04. The molecule has 0 aromatic heterocycles. The first kappa shape index (κ1) is 19.9. The number of anilines is 1. The van der Waals surface area contributed by atoms with Crippen LogP contribution in [-0.2, 0) is 9.59 Å². The molecule has 2 atom stereocenters. The summed E-state index contributed by atoms with van der Waals surface area (Å²) in [4.78, 5) is 34.2. The van der Waals surface area contributed by atoms with E-state index in [2.05, 4.69) is 32.8 Å². The van der Waals surface area contributed by atoms with Crippen LogP contribution in [-0.4, -0.2) is 85.4 Å². The Morgan fingerprint density at radius 1 is 1.11 bits per heavy atom. The molecular weight excluding hydrogens is 420 g/mol. The highest BCUT2D eigenvalue weighted by molar-refractivity contribution is 9.10. The van der Waals surface area contributed by atoms with Gasteiger partial charge in [-0.3, -0.25) is 14.5 Å². The van der Waals surface area contributed by atoms with Gasteiger partial charge in [0, 0.05) is 61.9 Å². The fraction of sp³-hybridized carbons (Fsp3) is 0.619. The molecule has 3 fully saturated rings. The van der Waals surface area contributed by atoms with Crippen LogP contribution in [0.2, 0.25) is 0 Å². The maximum atomic E-state index is 13.0. The van der Waals surface area contributed by atoms with E-state index in [9.17, 15) is 9.59 Å². The Balaban J connectivity index is 1.32. The zero-order valence-electron chi connectivity index (χ0n) is 16.5. The lowest BCUT2D eigenvalue weighted by Gasteiger charge is -2.43. The van der Waals surface area contributed by atoms with E-state index in [0.717, 1.165) is 42.9 Å². The van der Waals surface area contributed by atoms with Crippen LogP contribution in [0.1, 0.15) is 19.3 Å². The molecular formula is C21H29BrN4O2. The first-order valence-corrected chi connectivity index (χ1v) is 11.1. The van der Waals surface area contributed by atoms with Crippen LogP contribution >= 0.6 is 15.9 Å². The second kappa shape index (κ2) is 8.51. The molecule has 2 amide bonds. The van der Waals surface area contributed by atoms with Crippen LogP contribution in [0.3, 0.4) is 0 Å². The van der Waals surface area contributed by atoms with Crippen molar-refractivity contribution in [2.75, 3.05) is 57.8 Å². The fourth-order valence-electron chi connectivity index (χ4n) is 4.77. The molecule has 3 heterocycles. The minimum Gasteiger partial charge on any atom is -0.340 e. The molecule has 7 heteroatoms. The second-order valence-electron chi connectivity index (χ2n) is 8.30. The summed E-state index contributed by atoms with van der Waals surface area (Å²) in [7, 11) is 2.19. The molecule has 0 spiro atoms. The third kappa shape index (κ3) is 4.26. The number of piperazine rings is 1. The Bertz CT molecular complexity index is 735. The third-order valence-corrected chi connectivity index (χ3v) is 6.83. The summed E-state index contributed by atoms with van der Waals surface area (Å²) < 4.78 is 0.942. The molecule has 1 aromatic rings. The van der Waals surface area contributed by atoms with Crippen molar-refractivity contribution < 1.29 is 9.59 Å². The van der Waals surface area contributed by atoms with Gasteiger partial charge in [-0.15, -0.1) is 0 Å². The highest BCUT2D eigenvalue weighted by Crippen LogP contribution is 2.28. The number of hydrogen-bond acceptors (Lipinski definition) is 4. The number of carbonyl (C=O) groups is 2. The summed E-state index contributed by atoms with van der Waals surface area (Å²) in [5, 5.41) is 0. The third-order valence-electron chi connectivity index (χ3n) is 6.34. The standard InChI is InChI=1S/C21H29BrN4O2/c1-23-7-3-6-19(15-23)24-8-10-25(11-9-24)21(28)16-12-20(27)26(14-16)18-5-2-4-17(22)13-18/h2,4-5,13,16,19H,3,6-12,14-15H2,1H3. The molecule has 6 nitrogen and oxygen atoms in total. The summed E-state index contributed by atoms with van der Waals surface area (Å²) >= 11 is 3.46. The Morgan fingerprint density at radius 3 is 2.61 bits per heavy atom. The molecule has 0 bridgehead atoms. The van der Waals surface area contributed by atoms with Gasteiger partial charge in [-0.25, -0.2) is 0 Å². The Morgan fingerprint density at radius 2 is 1.89 bits per heavy atom. The minimum absolute atomic E-state index is 0.0420. The number of halogens is 1. The van der Waals surface area contributed by atoms with Gasteiger partial charge in [0.25, 0.3) is 0 Å². The number of carbonyl (C=O) groups excluding carboxylic acids is 2. The topological polar surface area (TPSA) is 47.1 Å². The number of amides is 2. The van der Waals surface area contributed by atoms with Gasteiger partial charge in [0.15, 0.2) is 0 Å². The van der Waals surface area contributed by atoms with Crippen LogP contribution in [0.25, 0.3) is 0 Å². The number of likely N-dealkylation sites (tertiary alicyclic amines) is 1. The average molecular weight is 449 g/mol. The van der Waals surface area contributed by atoms with Crippen molar-refractivity contribution >= 4 is 33.4 Å². The SMILES string of the molecule is CN1CCCC(N2CCN(C(=O)C3CC(=O)N(c4cccc(Br)c4)C3)CC2)C1. The fourth-order valence-corrected chi connectivity index (χ4v) is 5.16. The average Bonchev–Trinajstić information content (AvgIpc) is 3.09. The van der Waals surface area contributed by atoms with Crippen molar-refractivity contribution in [1.29, 1.82) is 0 Å². The molecule has 3 aliphatic rings. The number of rotatable bonds is 3. The smallest absolute Gasteiger partial charge is 0.228 e. The predicted octanol–water partition coefficient (Wildman–Crippen LogP) is 2.04. The molecule has 1 aromatic carbocycles. The molecule has 152 valence electrons. The summed E-state index contributed by atoms with van der Waals surface area (Å²) in [5.74, 6) is -0.0366. The lowest BCUT2D eigenvalue weighted by Crippen LogP contribution is -2.56. The van der Waals surface area contributed by atoms with E-state index in [1.54, 1.807) is 4.90 Å². The largest absolute Gasteiger partial charge is 0.340 e. The Hall–Kier alpha value is -1.44. The van der Waals surface area contributed by atoms with E-state index >= 15 is 0 Å². The summed E-state index contributed by atoms with van der Waals surface area (Å²) in [6, 6.07) is 8.34. The Labute approximate surface area is 175 Å². The number of nitrogens with zero attached hydrogens (tertiary/aromatic N) is 4. The highest BCUT2D eigenvalue weighted by Gasteiger charge is 2.38. The number of hydrogen-bond donors (Lipinski definition) is 0. The zero-order valence-corrected chi connectivity index (χ0v) is 18.1. The molecule has 3 saturated heterocycles. The minimum atomic E-state index is -0.223. The molecule has 0 saturated carbocycles. The molecule has 0 radical (unpaired) electrons. The molecule has 28 heavy (non-hydrogen) atoms. The van der Waals surface area contributed by atoms with E-state index in [1.165, 1.54) is 19.4 Å². The van der Waals surface area contributed by atoms with Crippen molar-refractivity contribution in [3.8, 4) is 0 Å². The van der Waals surface area contributed by atoms with E-state index in [0.29, 0.717) is 19.0 Å². The maximum Gasteiger partial charge on any atom is 0.228 e. The van der Waals surface area contributed by atoms with Crippen LogP contribution in [0.15, 0.2) is 28.7 Å². The van der Waals surface area contributed by atoms with Gasteiger partial charge in [0.05, 0.1) is 5.92 Å². The van der Waals surface area contributed by atoms with Crippen molar-refractivity contribution in [3.05, 3.63) is 28.7 Å². The summed E-state index contributed by atoms with van der Waals surface area (Å²) in [5.41, 5.74) is 0.862. The predicted molar refractivity (Wildman–Crippen MR) is 113 cm³/mol. The van der Waals surface area contributed by atoms with Gasteiger partial charge < -0.3 is 14.7 Å². The highest BCUT2D eigenvalue weighted by atomic mass is 79.9. The lowest BCUT2D eigenvalue weighted by atomic mass is 10.0. The quantitative estimate of drug-likeness (QED) is 0.709. The van der Waals surface area contributed by atoms with Crippen LogP contribution in [0.5, 0.6) is 0 Å². The molecule has 3 aliphatic heterocycles. The maximum absolute atomic E-state index is 13.0. The van der Waals surface area contributed by atoms with Gasteiger partial charge in [0.1, 0.15) is 0 Å². The molecule has 0 aliphatic carbocycles. The monoisotopic (exact) mass is 448 g/mol. The molecule has 0 N–H and O–H groups in total. The van der Waals surface area contributed by atoms with Gasteiger partial charge in [-0.05, 0) is 44.6 Å². The summed E-state index contributed by atoms with van der Waals surface area (Å²) in [6.45, 7) is 6.26. The van der Waals surface area contributed by atoms with Crippen molar-refractivity contribution in [2.45, 2.75) is 25.3 Å². The van der Waals surface area contributed by atoms with Crippen LogP contribution in [0.4, 0.5) is 5.69 Å². The van der Waals surface area contributed by atoms with Crippen molar-refractivity contribution in [1.82, 2.24) is 14.7 Å². The lowest BCUT2D eigenvalue weighted by molar-refractivity contribution is -0.138. The first-order valence-electron chi connectivity index (χ1n) is 10.3. The number of benzene rings is 1. The zero-order chi connectivity index (χ0) is 19.7. The van der Waals surface area contributed by atoms with Gasteiger partial charge in [-0.2, -0.15) is 0 Å². The molecule has 2 unspecified atom stereocenters. The van der Waals surface area contributed by atoms with Gasteiger partial charge in [0.2, 0.25) is 11.8 Å². The van der Waals surface area contributed by atoms with Gasteiger partial charge >= 0.3 is 0 Å². The van der Waals surface area contributed by atoms with Crippen LogP contribution in [0, 0.1) is 5.92 Å². The van der Waals surface area contributed by atoms with E-state index < -0.39 is 0 Å². The van der Waals surface area contributed by atoms with Crippen LogP contribution < -0.4 is 4.90 Å². The second-order valence-corrected chi connectivity index (χ2v) is 9.22. The van der Waals surface area contributed by atoms with Crippen molar-refractivity contribution in [3.63, 3.8) is 0 Å². The van der Waals surface area contributed by atoms with E-state index in [4.69, 9.17) is 0 Å². The summed E-state index contributed by atoms with van der Waals surface area (Å²) in [6.07, 6.45) is 2.84. The van der Waals surface area contributed by atoms with E-state index in [-0.39, 0.29) is 17.7 Å². The van der Waals surface area contributed by atoms with Crippen molar-refractivity contribution in [2.24, 2.45) is 5.92 Å². The molecule has 4 rings (SSSR count). The normalized spacial score (nSPS) is 27.4. The number of likely N-dealkylation sites (N-methyl/N-ethyl adjacent to an activating group) is 1. The number of piperidine rings is 1. The first-order chi connectivity index (χ1) is 13.5. The van der Waals surface area contributed by atoms with Gasteiger partial charge in [-0.1, -0.05) is 22.0 Å². The van der Waals surface area contributed by atoms with E-state index in [1.807, 2.05) is 29.2 Å².